The standard InChI is InChI=1S/C19H18N2O.ClHO4/c1-14-18(17-11-7-4-8-12-17)19(22)20-15(2)21(14)13-16-9-5-3-6-10-16;2-1(3,4)5/h3-12H,13H2,1-2H3;(H,2,3,4,5). The van der Waals surface area contributed by atoms with Crippen molar-refractivity contribution < 1.29 is 33.4 Å². The molecule has 0 radical (unpaired) electrons. The third kappa shape index (κ3) is 6.28. The molecular formula is C19H19ClN2O5. The third-order valence-electron chi connectivity index (χ3n) is 3.94. The van der Waals surface area contributed by atoms with Crippen molar-refractivity contribution in [2.75, 3.05) is 0 Å². The minimum absolute atomic E-state index is 0.0366. The molecular weight excluding hydrogens is 372 g/mol. The number of hydrogen-bond donors (Lipinski definition) is 1. The lowest BCUT2D eigenvalue weighted by molar-refractivity contribution is -2.00. The normalized spacial score (nSPS) is 10.9. The summed E-state index contributed by atoms with van der Waals surface area (Å²) in [5.74, 6) is 0.867. The van der Waals surface area contributed by atoms with Gasteiger partial charge in [0.15, 0.2) is 0 Å². The number of hydrogen-bond acceptors (Lipinski definition) is 5. The Morgan fingerprint density at radius 1 is 0.889 bits per heavy atom. The monoisotopic (exact) mass is 390 g/mol. The van der Waals surface area contributed by atoms with Crippen LogP contribution in [0.1, 0.15) is 17.1 Å². The average Bonchev–Trinajstić information content (AvgIpc) is 2.59. The van der Waals surface area contributed by atoms with Gasteiger partial charge in [-0.15, -0.1) is 10.2 Å². The lowest BCUT2D eigenvalue weighted by atomic mass is 10.1. The van der Waals surface area contributed by atoms with Gasteiger partial charge in [0.1, 0.15) is 17.8 Å². The molecule has 1 heterocycles. The summed E-state index contributed by atoms with van der Waals surface area (Å²) in [6, 6.07) is 20.1. The van der Waals surface area contributed by atoms with E-state index in [0.717, 1.165) is 29.2 Å². The topological polar surface area (TPSA) is 129 Å². The highest BCUT2D eigenvalue weighted by atomic mass is 35.7. The maximum Gasteiger partial charge on any atom is 0.343 e. The number of halogens is 1. The molecule has 3 rings (SSSR count). The first-order valence-corrected chi connectivity index (χ1v) is 9.24. The van der Waals surface area contributed by atoms with Gasteiger partial charge in [-0.25, -0.2) is 33.0 Å². The van der Waals surface area contributed by atoms with Crippen molar-refractivity contribution in [2.24, 2.45) is 0 Å². The van der Waals surface area contributed by atoms with Crippen LogP contribution in [-0.4, -0.2) is 4.98 Å². The molecule has 1 aromatic heterocycles. The van der Waals surface area contributed by atoms with Crippen LogP contribution < -0.4 is 28.8 Å². The van der Waals surface area contributed by atoms with Gasteiger partial charge in [-0.3, -0.25) is 0 Å². The van der Waals surface area contributed by atoms with Crippen molar-refractivity contribution in [3.8, 4) is 11.1 Å². The fourth-order valence-electron chi connectivity index (χ4n) is 2.79. The summed E-state index contributed by atoms with van der Waals surface area (Å²) in [6.07, 6.45) is 0. The molecule has 0 saturated heterocycles. The van der Waals surface area contributed by atoms with E-state index in [1.807, 2.05) is 62.4 Å². The number of nitrogens with zero attached hydrogens (tertiary/aromatic N) is 1. The van der Waals surface area contributed by atoms with E-state index in [4.69, 9.17) is 18.6 Å². The minimum Gasteiger partial charge on any atom is -0.241 e. The Bertz CT molecular complexity index is 932. The Hall–Kier alpha value is -2.55. The molecule has 2 aromatic carbocycles. The molecule has 142 valence electrons. The molecule has 0 spiro atoms. The predicted molar refractivity (Wildman–Crippen MR) is 87.7 cm³/mol. The van der Waals surface area contributed by atoms with Gasteiger partial charge in [0.25, 0.3) is 5.82 Å². The second-order valence-corrected chi connectivity index (χ2v) is 6.57. The summed E-state index contributed by atoms with van der Waals surface area (Å²) in [7, 11) is -4.94. The van der Waals surface area contributed by atoms with Gasteiger partial charge in [-0.2, -0.15) is 0 Å². The van der Waals surface area contributed by atoms with Crippen LogP contribution in [0.4, 0.5) is 0 Å². The van der Waals surface area contributed by atoms with Crippen molar-refractivity contribution >= 4 is 0 Å². The molecule has 0 amide bonds. The Balaban J connectivity index is 0.000000465. The summed E-state index contributed by atoms with van der Waals surface area (Å²) in [5, 5.41) is 0. The van der Waals surface area contributed by atoms with Crippen LogP contribution in [0.3, 0.4) is 0 Å². The number of aromatic nitrogens is 2. The fourth-order valence-corrected chi connectivity index (χ4v) is 2.79. The summed E-state index contributed by atoms with van der Waals surface area (Å²) in [5.41, 5.74) is 3.84. The van der Waals surface area contributed by atoms with Gasteiger partial charge < -0.3 is 0 Å². The quantitative estimate of drug-likeness (QED) is 0.529. The van der Waals surface area contributed by atoms with Gasteiger partial charge in [0.2, 0.25) is 0 Å². The molecule has 0 unspecified atom stereocenters. The van der Waals surface area contributed by atoms with Crippen LogP contribution in [0, 0.1) is 24.1 Å². The van der Waals surface area contributed by atoms with E-state index in [2.05, 4.69) is 21.7 Å². The summed E-state index contributed by atoms with van der Waals surface area (Å²) < 4.78 is 36.1. The molecule has 0 aliphatic heterocycles. The summed E-state index contributed by atoms with van der Waals surface area (Å²) >= 11 is 0. The minimum atomic E-state index is -4.94. The smallest absolute Gasteiger partial charge is 0.241 e. The highest BCUT2D eigenvalue weighted by Gasteiger charge is 2.19. The highest BCUT2D eigenvalue weighted by Crippen LogP contribution is 2.16. The first kappa shape index (κ1) is 20.8. The second-order valence-electron chi connectivity index (χ2n) is 5.82. The van der Waals surface area contributed by atoms with Gasteiger partial charge in [0.05, 0.1) is 0 Å². The molecule has 0 fully saturated rings. The summed E-state index contributed by atoms with van der Waals surface area (Å²) in [4.78, 5) is 15.4. The summed E-state index contributed by atoms with van der Waals surface area (Å²) in [6.45, 7) is 4.69. The van der Waals surface area contributed by atoms with E-state index in [-0.39, 0.29) is 5.56 Å². The van der Waals surface area contributed by atoms with Crippen LogP contribution in [0.15, 0.2) is 65.5 Å². The SMILES string of the molecule is Cc1[nH]c(=O)c(-c2ccccc2)c(C)[n+]1Cc1ccccc1.[O-][Cl+3]([O-])([O-])[O-]. The van der Waals surface area contributed by atoms with Crippen LogP contribution in [0.25, 0.3) is 11.1 Å². The van der Waals surface area contributed by atoms with E-state index < -0.39 is 10.2 Å². The zero-order chi connectivity index (χ0) is 20.0. The van der Waals surface area contributed by atoms with E-state index in [9.17, 15) is 4.79 Å². The second kappa shape index (κ2) is 8.90. The maximum atomic E-state index is 12.4. The number of H-pyrrole nitrogens is 1. The maximum absolute atomic E-state index is 12.4. The number of aryl methyl sites for hydroxylation is 1. The van der Waals surface area contributed by atoms with Crippen molar-refractivity contribution in [1.29, 1.82) is 0 Å². The van der Waals surface area contributed by atoms with Crippen molar-refractivity contribution in [3.05, 3.63) is 88.1 Å². The number of rotatable bonds is 3. The van der Waals surface area contributed by atoms with E-state index in [1.165, 1.54) is 5.56 Å². The molecule has 0 saturated carbocycles. The molecule has 0 aliphatic carbocycles. The fraction of sp³-hybridized carbons (Fsp3) is 0.158. The zero-order valence-corrected chi connectivity index (χ0v) is 15.6. The Kier molecular flexibility index (Phi) is 6.84. The van der Waals surface area contributed by atoms with Gasteiger partial charge in [-0.1, -0.05) is 60.7 Å². The van der Waals surface area contributed by atoms with E-state index in [0.29, 0.717) is 0 Å². The largest absolute Gasteiger partial charge is 0.343 e. The highest BCUT2D eigenvalue weighted by molar-refractivity contribution is 5.63. The van der Waals surface area contributed by atoms with Gasteiger partial charge in [-0.05, 0) is 18.1 Å². The number of nitrogens with one attached hydrogen (secondary N) is 1. The van der Waals surface area contributed by atoms with Gasteiger partial charge in [0, 0.05) is 6.92 Å². The van der Waals surface area contributed by atoms with Crippen LogP contribution in [-0.2, 0) is 6.54 Å². The molecule has 1 N–H and O–H groups in total. The average molecular weight is 391 g/mol. The predicted octanol–water partition coefficient (Wildman–Crippen LogP) is -1.76. The lowest BCUT2D eigenvalue weighted by Gasteiger charge is -2.17. The molecule has 27 heavy (non-hydrogen) atoms. The van der Waals surface area contributed by atoms with E-state index >= 15 is 0 Å². The van der Waals surface area contributed by atoms with Crippen molar-refractivity contribution in [1.82, 2.24) is 4.98 Å². The molecule has 0 aliphatic rings. The number of benzene rings is 2. The molecule has 7 nitrogen and oxygen atoms in total. The van der Waals surface area contributed by atoms with Crippen LogP contribution >= 0.6 is 0 Å². The van der Waals surface area contributed by atoms with Gasteiger partial charge >= 0.3 is 5.56 Å². The lowest BCUT2D eigenvalue weighted by Crippen LogP contribution is -2.68. The molecule has 3 aromatic rings. The van der Waals surface area contributed by atoms with Crippen LogP contribution in [0.2, 0.25) is 0 Å². The zero-order valence-electron chi connectivity index (χ0n) is 14.8. The Morgan fingerprint density at radius 2 is 1.37 bits per heavy atom. The molecule has 0 bridgehead atoms. The third-order valence-corrected chi connectivity index (χ3v) is 3.94. The number of aromatic amines is 1. The van der Waals surface area contributed by atoms with Crippen molar-refractivity contribution in [2.45, 2.75) is 20.4 Å². The van der Waals surface area contributed by atoms with E-state index in [1.54, 1.807) is 0 Å². The first-order valence-electron chi connectivity index (χ1n) is 8.01. The Labute approximate surface area is 158 Å². The van der Waals surface area contributed by atoms with Crippen LogP contribution in [0.5, 0.6) is 0 Å². The first-order chi connectivity index (χ1) is 12.7. The molecule has 0 atom stereocenters. The molecule has 8 heteroatoms. The van der Waals surface area contributed by atoms with Crippen molar-refractivity contribution in [3.63, 3.8) is 0 Å². The Morgan fingerprint density at radius 3 is 1.89 bits per heavy atom.